The number of halogens is 1. The molecule has 0 aliphatic heterocycles. The molecule has 3 aromatic rings. The lowest BCUT2D eigenvalue weighted by atomic mass is 10.2. The fourth-order valence-electron chi connectivity index (χ4n) is 2.46. The molecule has 0 unspecified atom stereocenters. The summed E-state index contributed by atoms with van der Waals surface area (Å²) in [5.74, 6) is -0.713. The highest BCUT2D eigenvalue weighted by Crippen LogP contribution is 2.39. The third-order valence-corrected chi connectivity index (χ3v) is 6.37. The Hall–Kier alpha value is -2.53. The Balaban J connectivity index is 2.00. The SMILES string of the molecule is O=C(NNS(=O)(=O)c1cc2c[c]c(=O)n(P(=O)(O)O)c2cc1Cl)c1ccccc1. The number of aromatic nitrogens is 1. The first kappa shape index (κ1) is 21.2. The molecule has 0 aliphatic rings. The molecule has 0 spiro atoms. The fraction of sp³-hybridized carbons (Fsp3) is 0. The smallest absolute Gasteiger partial charge is 0.308 e. The van der Waals surface area contributed by atoms with E-state index in [0.717, 1.165) is 18.2 Å². The highest BCUT2D eigenvalue weighted by molar-refractivity contribution is 7.89. The number of nitrogens with zero attached hydrogens (tertiary/aromatic N) is 1. The number of sulfonamides is 1. The lowest BCUT2D eigenvalue weighted by Crippen LogP contribution is -2.41. The van der Waals surface area contributed by atoms with Crippen molar-refractivity contribution in [3.8, 4) is 0 Å². The molecule has 0 atom stereocenters. The second kappa shape index (κ2) is 7.71. The van der Waals surface area contributed by atoms with E-state index >= 15 is 0 Å². The van der Waals surface area contributed by atoms with Crippen molar-refractivity contribution in [2.75, 3.05) is 0 Å². The van der Waals surface area contributed by atoms with Gasteiger partial charge in [0.15, 0.2) is 0 Å². The van der Waals surface area contributed by atoms with Gasteiger partial charge in [-0.3, -0.25) is 15.0 Å². The van der Waals surface area contributed by atoms with Crippen LogP contribution < -0.4 is 15.8 Å². The molecule has 0 fully saturated rings. The summed E-state index contributed by atoms with van der Waals surface area (Å²) in [4.78, 5) is 43.9. The second-order valence-corrected chi connectivity index (χ2v) is 9.17. The van der Waals surface area contributed by atoms with Crippen LogP contribution in [-0.4, -0.2) is 28.4 Å². The fourth-order valence-corrected chi connectivity index (χ4v) is 4.61. The number of fused-ring (bicyclic) bond motifs is 1. The van der Waals surface area contributed by atoms with Gasteiger partial charge in [0.2, 0.25) is 0 Å². The number of hydrazine groups is 1. The van der Waals surface area contributed by atoms with Crippen molar-refractivity contribution in [3.63, 3.8) is 0 Å². The molecule has 1 heterocycles. The first-order valence-electron chi connectivity index (χ1n) is 7.71. The average Bonchev–Trinajstić information content (AvgIpc) is 2.65. The molecule has 151 valence electrons. The Labute approximate surface area is 169 Å². The Morgan fingerprint density at radius 3 is 2.45 bits per heavy atom. The number of carbonyl (C=O) groups excluding carboxylic acids is 1. The van der Waals surface area contributed by atoms with Gasteiger partial charge in [-0.1, -0.05) is 29.8 Å². The first-order chi connectivity index (χ1) is 13.5. The minimum Gasteiger partial charge on any atom is -0.308 e. The maximum Gasteiger partial charge on any atom is 0.437 e. The van der Waals surface area contributed by atoms with Gasteiger partial charge >= 0.3 is 7.75 Å². The second-order valence-electron chi connectivity index (χ2n) is 5.69. The van der Waals surface area contributed by atoms with E-state index in [4.69, 9.17) is 11.6 Å². The molecule has 0 saturated carbocycles. The largest absolute Gasteiger partial charge is 0.437 e. The quantitative estimate of drug-likeness (QED) is 0.330. The topological polar surface area (TPSA) is 155 Å². The maximum atomic E-state index is 12.5. The summed E-state index contributed by atoms with van der Waals surface area (Å²) in [5, 5.41) is -0.446. The standard InChI is InChI=1S/C16H12ClN3O7PS/c17-12-9-13-11(6-7-15(21)20(13)28(23,24)25)8-14(12)29(26,27)19-18-16(22)10-4-2-1-3-5-10/h1-6,8-9,19H,(H,18,22)(H2,23,24,25). The molecule has 0 saturated heterocycles. The molecule has 3 rings (SSSR count). The van der Waals surface area contributed by atoms with Gasteiger partial charge in [0.1, 0.15) is 4.90 Å². The van der Waals surface area contributed by atoms with E-state index in [1.807, 2.05) is 10.3 Å². The Morgan fingerprint density at radius 2 is 1.83 bits per heavy atom. The number of hydrogen-bond donors (Lipinski definition) is 4. The average molecular weight is 457 g/mol. The van der Waals surface area contributed by atoms with Crippen LogP contribution in [0.15, 0.2) is 58.2 Å². The zero-order valence-electron chi connectivity index (χ0n) is 14.2. The minimum atomic E-state index is -5.04. The van der Waals surface area contributed by atoms with Crippen molar-refractivity contribution in [3.05, 3.63) is 75.5 Å². The van der Waals surface area contributed by atoms with E-state index in [1.165, 1.54) is 12.1 Å². The van der Waals surface area contributed by atoms with Crippen molar-refractivity contribution in [1.82, 2.24) is 14.6 Å². The predicted molar refractivity (Wildman–Crippen MR) is 104 cm³/mol. The van der Waals surface area contributed by atoms with Crippen molar-refractivity contribution in [1.29, 1.82) is 0 Å². The molecule has 13 heteroatoms. The molecule has 10 nitrogen and oxygen atoms in total. The van der Waals surface area contributed by atoms with Crippen molar-refractivity contribution in [2.45, 2.75) is 4.90 Å². The molecule has 0 bridgehead atoms. The van der Waals surface area contributed by atoms with Crippen LogP contribution >= 0.6 is 19.3 Å². The summed E-state index contributed by atoms with van der Waals surface area (Å²) in [5.41, 5.74) is 0.859. The normalized spacial score (nSPS) is 12.1. The molecule has 29 heavy (non-hydrogen) atoms. The molecule has 2 aromatic carbocycles. The van der Waals surface area contributed by atoms with Crippen LogP contribution in [0.25, 0.3) is 10.9 Å². The molecular formula is C16H12ClN3O7PS. The molecule has 0 aliphatic carbocycles. The summed E-state index contributed by atoms with van der Waals surface area (Å²) >= 11 is 5.98. The van der Waals surface area contributed by atoms with E-state index in [9.17, 15) is 32.4 Å². The van der Waals surface area contributed by atoms with E-state index in [2.05, 4.69) is 6.07 Å². The third-order valence-electron chi connectivity index (χ3n) is 3.74. The number of hydrogen-bond acceptors (Lipinski definition) is 5. The van der Waals surface area contributed by atoms with E-state index in [-0.39, 0.29) is 20.8 Å². The summed E-state index contributed by atoms with van der Waals surface area (Å²) in [6, 6.07) is 12.9. The van der Waals surface area contributed by atoms with Gasteiger partial charge in [-0.05, 0) is 30.3 Å². The lowest BCUT2D eigenvalue weighted by Gasteiger charge is -2.14. The predicted octanol–water partition coefficient (Wildman–Crippen LogP) is 1.02. The Morgan fingerprint density at radius 1 is 1.17 bits per heavy atom. The van der Waals surface area contributed by atoms with Crippen LogP contribution in [0.3, 0.4) is 0 Å². The number of rotatable bonds is 5. The lowest BCUT2D eigenvalue weighted by molar-refractivity contribution is 0.0945. The van der Waals surface area contributed by atoms with Crippen LogP contribution in [0.4, 0.5) is 0 Å². The molecule has 1 amide bonds. The Bertz CT molecular complexity index is 1320. The molecule has 1 radical (unpaired) electrons. The third kappa shape index (κ3) is 4.40. The van der Waals surface area contributed by atoms with Gasteiger partial charge in [0.05, 0.1) is 16.6 Å². The summed E-state index contributed by atoms with van der Waals surface area (Å²) in [6.07, 6.45) is 0. The van der Waals surface area contributed by atoms with Gasteiger partial charge in [0.25, 0.3) is 21.5 Å². The number of benzene rings is 2. The van der Waals surface area contributed by atoms with Crippen molar-refractivity contribution >= 4 is 46.2 Å². The van der Waals surface area contributed by atoms with E-state index in [0.29, 0.717) is 0 Å². The first-order valence-corrected chi connectivity index (χ1v) is 11.1. The van der Waals surface area contributed by atoms with Crippen LogP contribution in [0, 0.1) is 6.07 Å². The van der Waals surface area contributed by atoms with E-state index in [1.54, 1.807) is 18.2 Å². The molecule has 4 N–H and O–H groups in total. The number of pyridine rings is 1. The minimum absolute atomic E-state index is 0.0212. The van der Waals surface area contributed by atoms with Gasteiger partial charge in [-0.2, -0.15) is 0 Å². The van der Waals surface area contributed by atoms with E-state index < -0.39 is 39.2 Å². The summed E-state index contributed by atoms with van der Waals surface area (Å²) < 4.78 is 36.8. The van der Waals surface area contributed by atoms with Crippen LogP contribution in [0.5, 0.6) is 0 Å². The monoisotopic (exact) mass is 456 g/mol. The van der Waals surface area contributed by atoms with Gasteiger partial charge in [0, 0.05) is 10.9 Å². The molecular weight excluding hydrogens is 445 g/mol. The maximum absolute atomic E-state index is 12.5. The Kier molecular flexibility index (Phi) is 5.63. The van der Waals surface area contributed by atoms with Crippen LogP contribution in [-0.2, 0) is 14.6 Å². The zero-order valence-corrected chi connectivity index (χ0v) is 16.7. The number of carbonyl (C=O) groups is 1. The van der Waals surface area contributed by atoms with Gasteiger partial charge in [-0.15, -0.1) is 4.83 Å². The number of nitrogens with one attached hydrogen (secondary N) is 2. The molecule has 1 aromatic heterocycles. The summed E-state index contributed by atoms with van der Waals surface area (Å²) in [7, 11) is -9.40. The summed E-state index contributed by atoms with van der Waals surface area (Å²) in [6.45, 7) is 0. The van der Waals surface area contributed by atoms with Crippen LogP contribution in [0.1, 0.15) is 10.4 Å². The highest BCUT2D eigenvalue weighted by Gasteiger charge is 2.25. The van der Waals surface area contributed by atoms with Crippen LogP contribution in [0.2, 0.25) is 5.02 Å². The van der Waals surface area contributed by atoms with Gasteiger partial charge in [-0.25, -0.2) is 17.3 Å². The van der Waals surface area contributed by atoms with Crippen molar-refractivity contribution in [2.24, 2.45) is 0 Å². The van der Waals surface area contributed by atoms with Crippen molar-refractivity contribution < 1.29 is 27.6 Å². The number of amides is 1. The zero-order chi connectivity index (χ0) is 21.4. The highest BCUT2D eigenvalue weighted by atomic mass is 35.5. The van der Waals surface area contributed by atoms with Gasteiger partial charge < -0.3 is 9.79 Å².